The molecule has 0 bridgehead atoms. The number of terminal acetylenes is 1. The van der Waals surface area contributed by atoms with E-state index < -0.39 is 0 Å². The fourth-order valence-corrected chi connectivity index (χ4v) is 1.59. The zero-order valence-corrected chi connectivity index (χ0v) is 12.3. The molecule has 1 rings (SSSR count). The Labute approximate surface area is 124 Å². The lowest BCUT2D eigenvalue weighted by Crippen LogP contribution is -1.99. The van der Waals surface area contributed by atoms with Crippen LogP contribution in [0.15, 0.2) is 23.4 Å². The predicted octanol–water partition coefficient (Wildman–Crippen LogP) is 2.77. The molecule has 0 aliphatic rings. The minimum atomic E-state index is -0.377. The summed E-state index contributed by atoms with van der Waals surface area (Å²) in [5.41, 5.74) is 0.714. The van der Waals surface area contributed by atoms with Gasteiger partial charge in [-0.15, -0.1) is 12.3 Å². The van der Waals surface area contributed by atoms with Gasteiger partial charge in [0, 0.05) is 24.5 Å². The Hall–Kier alpha value is -2.48. The number of unbranched alkanes of at least 4 members (excludes halogenated alkanes) is 2. The molecule has 0 saturated heterocycles. The second-order valence-electron chi connectivity index (χ2n) is 4.26. The lowest BCUT2D eigenvalue weighted by atomic mass is 10.2. The van der Waals surface area contributed by atoms with E-state index in [4.69, 9.17) is 20.7 Å². The predicted molar refractivity (Wildman–Crippen MR) is 80.5 cm³/mol. The van der Waals surface area contributed by atoms with Crippen molar-refractivity contribution in [1.82, 2.24) is 0 Å². The smallest absolute Gasteiger partial charge is 0.335 e. The molecule has 21 heavy (non-hydrogen) atoms. The van der Waals surface area contributed by atoms with Crippen LogP contribution in [0, 0.1) is 12.3 Å². The van der Waals surface area contributed by atoms with Crippen LogP contribution in [-0.4, -0.2) is 26.4 Å². The first-order valence-electron chi connectivity index (χ1n) is 6.59. The number of oxime groups is 1. The number of hydrogen-bond donors (Lipinski definition) is 0. The van der Waals surface area contributed by atoms with Crippen LogP contribution >= 0.6 is 0 Å². The molecule has 5 heteroatoms. The molecule has 0 aliphatic carbocycles. The number of methoxy groups -OCH3 is 2. The third-order valence-corrected chi connectivity index (χ3v) is 2.68. The summed E-state index contributed by atoms with van der Waals surface area (Å²) in [5.74, 6) is 3.42. The molecule has 0 atom stereocenters. The first-order valence-corrected chi connectivity index (χ1v) is 6.59. The van der Waals surface area contributed by atoms with Gasteiger partial charge in [0.2, 0.25) is 0 Å². The van der Waals surface area contributed by atoms with Gasteiger partial charge < -0.3 is 14.3 Å². The maximum Gasteiger partial charge on any atom is 0.335 e. The van der Waals surface area contributed by atoms with Gasteiger partial charge in [0.25, 0.3) is 0 Å². The molecule has 0 aromatic heterocycles. The molecule has 0 heterocycles. The second kappa shape index (κ2) is 9.43. The summed E-state index contributed by atoms with van der Waals surface area (Å²) in [5, 5.41) is 3.67. The second-order valence-corrected chi connectivity index (χ2v) is 4.26. The van der Waals surface area contributed by atoms with Crippen molar-refractivity contribution in [3.63, 3.8) is 0 Å². The van der Waals surface area contributed by atoms with Crippen molar-refractivity contribution < 1.29 is 19.1 Å². The Bertz CT molecular complexity index is 509. The first kappa shape index (κ1) is 16.6. The molecule has 0 N–H and O–H groups in total. The van der Waals surface area contributed by atoms with Crippen LogP contribution in [0.2, 0.25) is 0 Å². The van der Waals surface area contributed by atoms with Crippen molar-refractivity contribution >= 4 is 12.2 Å². The zero-order chi connectivity index (χ0) is 15.5. The largest absolute Gasteiger partial charge is 0.497 e. The SMILES string of the molecule is C#CCCCCC(=O)O/N=C/c1cc(OC)cc(OC)c1. The molecule has 0 saturated carbocycles. The summed E-state index contributed by atoms with van der Waals surface area (Å²) < 4.78 is 10.3. The van der Waals surface area contributed by atoms with Crippen molar-refractivity contribution in [3.05, 3.63) is 23.8 Å². The Kier molecular flexibility index (Phi) is 7.44. The summed E-state index contributed by atoms with van der Waals surface area (Å²) in [7, 11) is 3.12. The van der Waals surface area contributed by atoms with E-state index in [-0.39, 0.29) is 5.97 Å². The fraction of sp³-hybridized carbons (Fsp3) is 0.375. The highest BCUT2D eigenvalue weighted by molar-refractivity contribution is 5.81. The van der Waals surface area contributed by atoms with Gasteiger partial charge in [-0.2, -0.15) is 0 Å². The molecule has 5 nitrogen and oxygen atoms in total. The fourth-order valence-electron chi connectivity index (χ4n) is 1.59. The highest BCUT2D eigenvalue weighted by Crippen LogP contribution is 2.21. The number of carbonyl (C=O) groups is 1. The lowest BCUT2D eigenvalue weighted by molar-refractivity contribution is -0.143. The number of rotatable bonds is 8. The minimum absolute atomic E-state index is 0.306. The van der Waals surface area contributed by atoms with Gasteiger partial charge in [-0.3, -0.25) is 0 Å². The molecule has 0 radical (unpaired) electrons. The quantitative estimate of drug-likeness (QED) is 0.243. The van der Waals surface area contributed by atoms with E-state index in [9.17, 15) is 4.79 Å². The minimum Gasteiger partial charge on any atom is -0.497 e. The van der Waals surface area contributed by atoms with E-state index in [0.717, 1.165) is 6.42 Å². The van der Waals surface area contributed by atoms with Gasteiger partial charge in [0.15, 0.2) is 0 Å². The first-order chi connectivity index (χ1) is 10.2. The van der Waals surface area contributed by atoms with Gasteiger partial charge >= 0.3 is 5.97 Å². The Morgan fingerprint density at radius 2 is 1.90 bits per heavy atom. The Balaban J connectivity index is 2.49. The molecule has 0 aliphatic heterocycles. The normalized spacial score (nSPS) is 10.1. The monoisotopic (exact) mass is 289 g/mol. The lowest BCUT2D eigenvalue weighted by Gasteiger charge is -2.05. The molecule has 1 aromatic rings. The van der Waals surface area contributed by atoms with Crippen LogP contribution in [0.4, 0.5) is 0 Å². The standard InChI is InChI=1S/C16H19NO4/c1-4-5-6-7-8-16(18)21-17-12-13-9-14(19-2)11-15(10-13)20-3/h1,9-12H,5-8H2,2-3H3/b17-12+. The average Bonchev–Trinajstić information content (AvgIpc) is 2.51. The zero-order valence-electron chi connectivity index (χ0n) is 12.3. The number of hydrogen-bond acceptors (Lipinski definition) is 5. The molecule has 0 spiro atoms. The number of nitrogens with zero attached hydrogens (tertiary/aromatic N) is 1. The average molecular weight is 289 g/mol. The van der Waals surface area contributed by atoms with Crippen LogP contribution < -0.4 is 9.47 Å². The van der Waals surface area contributed by atoms with Crippen LogP contribution in [-0.2, 0) is 9.63 Å². The molecule has 0 amide bonds. The highest BCUT2D eigenvalue weighted by atomic mass is 16.7. The van der Waals surface area contributed by atoms with Crippen LogP contribution in [0.3, 0.4) is 0 Å². The third kappa shape index (κ3) is 6.48. The summed E-state index contributed by atoms with van der Waals surface area (Å²) in [6, 6.07) is 5.26. The third-order valence-electron chi connectivity index (χ3n) is 2.68. The van der Waals surface area contributed by atoms with Crippen LogP contribution in [0.1, 0.15) is 31.2 Å². The molecule has 1 aromatic carbocycles. The molecule has 0 unspecified atom stereocenters. The summed E-state index contributed by atoms with van der Waals surface area (Å²) in [6.07, 6.45) is 9.04. The Morgan fingerprint density at radius 3 is 2.48 bits per heavy atom. The molecule has 112 valence electrons. The van der Waals surface area contributed by atoms with E-state index in [1.54, 1.807) is 32.4 Å². The van der Waals surface area contributed by atoms with E-state index >= 15 is 0 Å². The number of carbonyl (C=O) groups excluding carboxylic acids is 1. The van der Waals surface area contributed by atoms with Gasteiger partial charge in [0.05, 0.1) is 20.4 Å². The molecular weight excluding hydrogens is 270 g/mol. The van der Waals surface area contributed by atoms with Crippen molar-refractivity contribution in [2.45, 2.75) is 25.7 Å². The van der Waals surface area contributed by atoms with Gasteiger partial charge in [-0.05, 0) is 25.0 Å². The molecular formula is C16H19NO4. The summed E-state index contributed by atoms with van der Waals surface area (Å²) in [6.45, 7) is 0. The van der Waals surface area contributed by atoms with Gasteiger partial charge in [-0.1, -0.05) is 5.16 Å². The number of ether oxygens (including phenoxy) is 2. The summed E-state index contributed by atoms with van der Waals surface area (Å²) >= 11 is 0. The molecule has 0 fully saturated rings. The van der Waals surface area contributed by atoms with Crippen LogP contribution in [0.25, 0.3) is 0 Å². The van der Waals surface area contributed by atoms with Crippen molar-refractivity contribution in [1.29, 1.82) is 0 Å². The van der Waals surface area contributed by atoms with Crippen molar-refractivity contribution in [3.8, 4) is 23.8 Å². The maximum atomic E-state index is 11.4. The van der Waals surface area contributed by atoms with E-state index in [1.165, 1.54) is 6.21 Å². The van der Waals surface area contributed by atoms with Gasteiger partial charge in [-0.25, -0.2) is 4.79 Å². The topological polar surface area (TPSA) is 57.1 Å². The summed E-state index contributed by atoms with van der Waals surface area (Å²) in [4.78, 5) is 16.2. The van der Waals surface area contributed by atoms with E-state index in [2.05, 4.69) is 11.1 Å². The number of benzene rings is 1. The van der Waals surface area contributed by atoms with Gasteiger partial charge in [0.1, 0.15) is 11.5 Å². The highest BCUT2D eigenvalue weighted by Gasteiger charge is 2.03. The van der Waals surface area contributed by atoms with Crippen molar-refractivity contribution in [2.24, 2.45) is 5.16 Å². The van der Waals surface area contributed by atoms with E-state index in [0.29, 0.717) is 36.3 Å². The van der Waals surface area contributed by atoms with E-state index in [1.807, 2.05) is 0 Å². The maximum absolute atomic E-state index is 11.4. The van der Waals surface area contributed by atoms with Crippen LogP contribution in [0.5, 0.6) is 11.5 Å². The van der Waals surface area contributed by atoms with Crippen molar-refractivity contribution in [2.75, 3.05) is 14.2 Å². The Morgan fingerprint density at radius 1 is 1.24 bits per heavy atom.